The molecule has 0 bridgehead atoms. The van der Waals surface area contributed by atoms with E-state index in [0.29, 0.717) is 23.2 Å². The molecule has 0 aromatic heterocycles. The molecule has 1 heterocycles. The van der Waals surface area contributed by atoms with Gasteiger partial charge in [0.05, 0.1) is 5.02 Å². The summed E-state index contributed by atoms with van der Waals surface area (Å²) in [5, 5.41) is 6.89. The van der Waals surface area contributed by atoms with Crippen LogP contribution in [0.4, 0.5) is 0 Å². The molecule has 2 rings (SSSR count). The summed E-state index contributed by atoms with van der Waals surface area (Å²) >= 11 is 8.13. The molecule has 1 aromatic carbocycles. The van der Waals surface area contributed by atoms with Crippen molar-refractivity contribution < 1.29 is 4.79 Å². The van der Waals surface area contributed by atoms with Crippen LogP contribution in [-0.2, 0) is 0 Å². The highest BCUT2D eigenvalue weighted by Crippen LogP contribution is 2.19. The number of nitrogens with one attached hydrogen (secondary N) is 2. The lowest BCUT2D eigenvalue weighted by Crippen LogP contribution is -2.37. The third kappa shape index (κ3) is 4.26. The predicted octanol–water partition coefficient (Wildman–Crippen LogP) is 2.85. The molecule has 0 radical (unpaired) electrons. The topological polar surface area (TPSA) is 41.1 Å². The van der Waals surface area contributed by atoms with Gasteiger partial charge >= 0.3 is 0 Å². The molecule has 1 unspecified atom stereocenters. The van der Waals surface area contributed by atoms with E-state index in [9.17, 15) is 4.79 Å². The molecule has 1 saturated heterocycles. The Morgan fingerprint density at radius 3 is 2.94 bits per heavy atom. The molecule has 0 aliphatic carbocycles. The molecule has 18 heavy (non-hydrogen) atoms. The fourth-order valence-corrected chi connectivity index (χ4v) is 2.40. The van der Waals surface area contributed by atoms with Gasteiger partial charge in [0.25, 0.3) is 5.91 Å². The Labute approximate surface area is 132 Å². The second kappa shape index (κ2) is 7.53. The number of rotatable bonds is 3. The second-order valence-electron chi connectivity index (χ2n) is 4.13. The van der Waals surface area contributed by atoms with E-state index in [-0.39, 0.29) is 18.3 Å². The second-order valence-corrected chi connectivity index (χ2v) is 5.70. The van der Waals surface area contributed by atoms with Crippen LogP contribution >= 0.6 is 46.6 Å². The Bertz CT molecular complexity index is 423. The highest BCUT2D eigenvalue weighted by Gasteiger charge is 2.15. The Balaban J connectivity index is 0.00000162. The van der Waals surface area contributed by atoms with Gasteiger partial charge in [-0.2, -0.15) is 0 Å². The van der Waals surface area contributed by atoms with Gasteiger partial charge in [-0.3, -0.25) is 4.79 Å². The van der Waals surface area contributed by atoms with Crippen molar-refractivity contribution in [2.45, 2.75) is 18.9 Å². The maximum atomic E-state index is 11.9. The van der Waals surface area contributed by atoms with E-state index in [1.54, 1.807) is 12.1 Å². The van der Waals surface area contributed by atoms with Crippen molar-refractivity contribution in [3.05, 3.63) is 32.4 Å². The first-order chi connectivity index (χ1) is 8.16. The maximum absolute atomic E-state index is 11.9. The van der Waals surface area contributed by atoms with Crippen LogP contribution in [0.5, 0.6) is 0 Å². The molecule has 0 spiro atoms. The minimum atomic E-state index is -0.0583. The fourth-order valence-electron chi connectivity index (χ4n) is 1.89. The molecular weight excluding hydrogens is 386 g/mol. The standard InChI is InChI=1S/C12H14ClIN2O.ClH/c13-10-6-8(3-4-11(10)14)12(17)16-7-9-2-1-5-15-9;/h3-4,6,9,15H,1-2,5,7H2,(H,16,17);1H. The van der Waals surface area contributed by atoms with E-state index >= 15 is 0 Å². The lowest BCUT2D eigenvalue weighted by atomic mass is 10.2. The first-order valence-electron chi connectivity index (χ1n) is 5.63. The molecule has 1 fully saturated rings. The van der Waals surface area contributed by atoms with Crippen molar-refractivity contribution in [1.29, 1.82) is 0 Å². The minimum absolute atomic E-state index is 0. The molecule has 1 aliphatic rings. The molecule has 3 nitrogen and oxygen atoms in total. The molecule has 6 heteroatoms. The van der Waals surface area contributed by atoms with Gasteiger partial charge in [0, 0.05) is 21.7 Å². The average Bonchev–Trinajstić information content (AvgIpc) is 2.82. The summed E-state index contributed by atoms with van der Waals surface area (Å²) in [6.07, 6.45) is 2.32. The van der Waals surface area contributed by atoms with Gasteiger partial charge in [0.2, 0.25) is 0 Å². The minimum Gasteiger partial charge on any atom is -0.350 e. The molecule has 1 amide bonds. The largest absolute Gasteiger partial charge is 0.350 e. The summed E-state index contributed by atoms with van der Waals surface area (Å²) in [5.74, 6) is -0.0583. The molecule has 100 valence electrons. The highest BCUT2D eigenvalue weighted by molar-refractivity contribution is 14.1. The fraction of sp³-hybridized carbons (Fsp3) is 0.417. The normalized spacial score (nSPS) is 18.2. The lowest BCUT2D eigenvalue weighted by molar-refractivity contribution is 0.0950. The van der Waals surface area contributed by atoms with Gasteiger partial charge in [0.1, 0.15) is 0 Å². The number of carbonyl (C=O) groups is 1. The van der Waals surface area contributed by atoms with Crippen LogP contribution in [0.15, 0.2) is 18.2 Å². The van der Waals surface area contributed by atoms with Crippen molar-refractivity contribution in [2.24, 2.45) is 0 Å². The van der Waals surface area contributed by atoms with Crippen molar-refractivity contribution in [3.8, 4) is 0 Å². The van der Waals surface area contributed by atoms with Crippen LogP contribution in [-0.4, -0.2) is 25.0 Å². The molecule has 0 saturated carbocycles. The summed E-state index contributed by atoms with van der Waals surface area (Å²) in [5.41, 5.74) is 0.619. The zero-order chi connectivity index (χ0) is 12.3. The molecule has 1 atom stereocenters. The van der Waals surface area contributed by atoms with Crippen LogP contribution in [0.25, 0.3) is 0 Å². The van der Waals surface area contributed by atoms with Gasteiger partial charge in [0.15, 0.2) is 0 Å². The van der Waals surface area contributed by atoms with Crippen LogP contribution in [0.3, 0.4) is 0 Å². The Morgan fingerprint density at radius 2 is 2.33 bits per heavy atom. The molecule has 1 aliphatic heterocycles. The number of benzene rings is 1. The van der Waals surface area contributed by atoms with Crippen molar-refractivity contribution in [1.82, 2.24) is 10.6 Å². The monoisotopic (exact) mass is 400 g/mol. The summed E-state index contributed by atoms with van der Waals surface area (Å²) in [6.45, 7) is 1.73. The van der Waals surface area contributed by atoms with Gasteiger partial charge in [-0.1, -0.05) is 11.6 Å². The zero-order valence-electron chi connectivity index (χ0n) is 9.71. The van der Waals surface area contributed by atoms with E-state index in [2.05, 4.69) is 33.2 Å². The SMILES string of the molecule is Cl.O=C(NCC1CCCN1)c1ccc(I)c(Cl)c1. The Hall–Kier alpha value is -0.0400. The summed E-state index contributed by atoms with van der Waals surface area (Å²) in [7, 11) is 0. The van der Waals surface area contributed by atoms with E-state index < -0.39 is 0 Å². The van der Waals surface area contributed by atoms with Gasteiger partial charge in [-0.25, -0.2) is 0 Å². The highest BCUT2D eigenvalue weighted by atomic mass is 127. The molecule has 1 aromatic rings. The van der Waals surface area contributed by atoms with Crippen LogP contribution in [0.1, 0.15) is 23.2 Å². The number of hydrogen-bond acceptors (Lipinski definition) is 2. The van der Waals surface area contributed by atoms with Crippen molar-refractivity contribution in [2.75, 3.05) is 13.1 Å². The number of halogens is 3. The van der Waals surface area contributed by atoms with Crippen LogP contribution in [0.2, 0.25) is 5.02 Å². The first-order valence-corrected chi connectivity index (χ1v) is 7.09. The number of carbonyl (C=O) groups excluding carboxylic acids is 1. The van der Waals surface area contributed by atoms with E-state index in [0.717, 1.165) is 16.5 Å². The summed E-state index contributed by atoms with van der Waals surface area (Å²) < 4.78 is 0.957. The van der Waals surface area contributed by atoms with Crippen molar-refractivity contribution in [3.63, 3.8) is 0 Å². The first kappa shape index (κ1) is 16.0. The summed E-state index contributed by atoms with van der Waals surface area (Å²) in [6, 6.07) is 5.77. The van der Waals surface area contributed by atoms with Crippen LogP contribution in [0, 0.1) is 3.57 Å². The third-order valence-electron chi connectivity index (χ3n) is 2.85. The van der Waals surface area contributed by atoms with Gasteiger partial charge in [-0.15, -0.1) is 12.4 Å². The van der Waals surface area contributed by atoms with Crippen LogP contribution < -0.4 is 10.6 Å². The number of hydrogen-bond donors (Lipinski definition) is 2. The van der Waals surface area contributed by atoms with E-state index in [1.165, 1.54) is 6.42 Å². The molecular formula is C12H15Cl2IN2O. The maximum Gasteiger partial charge on any atom is 0.251 e. The predicted molar refractivity (Wildman–Crippen MR) is 84.8 cm³/mol. The number of amides is 1. The Kier molecular flexibility index (Phi) is 6.70. The van der Waals surface area contributed by atoms with Gasteiger partial charge in [-0.05, 0) is 60.2 Å². The Morgan fingerprint density at radius 1 is 1.56 bits per heavy atom. The van der Waals surface area contributed by atoms with Gasteiger partial charge < -0.3 is 10.6 Å². The quantitative estimate of drug-likeness (QED) is 0.766. The third-order valence-corrected chi connectivity index (χ3v) is 4.43. The van der Waals surface area contributed by atoms with Crippen molar-refractivity contribution >= 4 is 52.5 Å². The van der Waals surface area contributed by atoms with E-state index in [4.69, 9.17) is 11.6 Å². The molecule has 2 N–H and O–H groups in total. The zero-order valence-corrected chi connectivity index (χ0v) is 13.4. The summed E-state index contributed by atoms with van der Waals surface area (Å²) in [4.78, 5) is 11.9. The van der Waals surface area contributed by atoms with E-state index in [1.807, 2.05) is 6.07 Å². The average molecular weight is 401 g/mol. The smallest absolute Gasteiger partial charge is 0.251 e. The lowest BCUT2D eigenvalue weighted by Gasteiger charge is -2.11.